The molecule has 1 saturated heterocycles. The molecule has 4 rings (SSSR count). The summed E-state index contributed by atoms with van der Waals surface area (Å²) < 4.78 is 15.7. The second-order valence-corrected chi connectivity index (χ2v) is 6.22. The number of aryl methyl sites for hydroxylation is 1. The van der Waals surface area contributed by atoms with Gasteiger partial charge < -0.3 is 18.7 Å². The monoisotopic (exact) mass is 354 g/mol. The number of likely N-dealkylation sites (tertiary alicyclic amines) is 1. The van der Waals surface area contributed by atoms with E-state index >= 15 is 0 Å². The first-order valence-corrected chi connectivity index (χ1v) is 8.34. The van der Waals surface area contributed by atoms with Crippen LogP contribution < -0.4 is 4.74 Å². The number of carbonyl (C=O) groups is 1. The van der Waals surface area contributed by atoms with Crippen LogP contribution in [0.4, 0.5) is 0 Å². The zero-order valence-corrected chi connectivity index (χ0v) is 14.5. The van der Waals surface area contributed by atoms with E-state index in [9.17, 15) is 4.79 Å². The van der Waals surface area contributed by atoms with E-state index in [1.807, 2.05) is 24.3 Å². The Balaban J connectivity index is 1.46. The molecule has 0 aliphatic carbocycles. The molecule has 1 atom stereocenters. The van der Waals surface area contributed by atoms with Gasteiger partial charge in [0.05, 0.1) is 13.0 Å². The Morgan fingerprint density at radius 1 is 1.23 bits per heavy atom. The minimum Gasteiger partial charge on any atom is -0.497 e. The van der Waals surface area contributed by atoms with Gasteiger partial charge in [-0.05, 0) is 37.6 Å². The van der Waals surface area contributed by atoms with Gasteiger partial charge in [0.15, 0.2) is 17.3 Å². The summed E-state index contributed by atoms with van der Waals surface area (Å²) in [6, 6.07) is 9.04. The summed E-state index contributed by atoms with van der Waals surface area (Å²) in [5, 5.41) is 7.75. The van der Waals surface area contributed by atoms with Crippen molar-refractivity contribution >= 4 is 5.91 Å². The van der Waals surface area contributed by atoms with Crippen LogP contribution in [0.3, 0.4) is 0 Å². The Labute approximate surface area is 149 Å². The number of ether oxygens (including phenoxy) is 1. The third-order valence-corrected chi connectivity index (χ3v) is 4.47. The molecule has 0 spiro atoms. The summed E-state index contributed by atoms with van der Waals surface area (Å²) >= 11 is 0. The SMILES string of the molecule is COc1ccc(-c2cc(C(=O)N3CCC(c4nc(C)no4)C3)no2)cc1. The molecule has 1 unspecified atom stereocenters. The highest BCUT2D eigenvalue weighted by molar-refractivity contribution is 5.93. The van der Waals surface area contributed by atoms with Crippen LogP contribution in [-0.2, 0) is 0 Å². The van der Waals surface area contributed by atoms with Crippen LogP contribution in [-0.4, -0.2) is 46.3 Å². The molecule has 0 radical (unpaired) electrons. The van der Waals surface area contributed by atoms with E-state index in [1.54, 1.807) is 25.0 Å². The van der Waals surface area contributed by atoms with Crippen LogP contribution in [0.2, 0.25) is 0 Å². The Kier molecular flexibility index (Phi) is 4.16. The second-order valence-electron chi connectivity index (χ2n) is 6.22. The fourth-order valence-corrected chi connectivity index (χ4v) is 3.05. The molecule has 1 aromatic carbocycles. The first-order valence-electron chi connectivity index (χ1n) is 8.34. The topological polar surface area (TPSA) is 94.5 Å². The van der Waals surface area contributed by atoms with Crippen LogP contribution in [0.5, 0.6) is 5.75 Å². The van der Waals surface area contributed by atoms with Crippen molar-refractivity contribution in [1.29, 1.82) is 0 Å². The van der Waals surface area contributed by atoms with E-state index in [0.29, 0.717) is 30.6 Å². The van der Waals surface area contributed by atoms with Gasteiger partial charge >= 0.3 is 0 Å². The summed E-state index contributed by atoms with van der Waals surface area (Å²) in [5.41, 5.74) is 1.12. The number of hydrogen-bond donors (Lipinski definition) is 0. The molecular weight excluding hydrogens is 336 g/mol. The summed E-state index contributed by atoms with van der Waals surface area (Å²) in [6.45, 7) is 2.93. The van der Waals surface area contributed by atoms with Gasteiger partial charge in [0.2, 0.25) is 5.89 Å². The fourth-order valence-electron chi connectivity index (χ4n) is 3.05. The van der Waals surface area contributed by atoms with Gasteiger partial charge in [-0.25, -0.2) is 0 Å². The molecule has 1 aliphatic rings. The number of methoxy groups -OCH3 is 1. The maximum absolute atomic E-state index is 12.7. The molecule has 134 valence electrons. The van der Waals surface area contributed by atoms with Crippen molar-refractivity contribution in [1.82, 2.24) is 20.2 Å². The number of nitrogens with zero attached hydrogens (tertiary/aromatic N) is 4. The predicted molar refractivity (Wildman–Crippen MR) is 90.8 cm³/mol. The molecule has 2 aromatic heterocycles. The molecule has 1 fully saturated rings. The van der Waals surface area contributed by atoms with E-state index < -0.39 is 0 Å². The van der Waals surface area contributed by atoms with E-state index in [4.69, 9.17) is 13.8 Å². The van der Waals surface area contributed by atoms with Crippen LogP contribution in [0.25, 0.3) is 11.3 Å². The maximum atomic E-state index is 12.7. The van der Waals surface area contributed by atoms with Gasteiger partial charge in [-0.2, -0.15) is 4.98 Å². The highest BCUT2D eigenvalue weighted by Crippen LogP contribution is 2.28. The van der Waals surface area contributed by atoms with Gasteiger partial charge in [-0.1, -0.05) is 10.3 Å². The lowest BCUT2D eigenvalue weighted by molar-refractivity contribution is 0.0779. The minimum absolute atomic E-state index is 0.0631. The number of hydrogen-bond acceptors (Lipinski definition) is 7. The molecule has 26 heavy (non-hydrogen) atoms. The zero-order chi connectivity index (χ0) is 18.1. The summed E-state index contributed by atoms with van der Waals surface area (Å²) in [6.07, 6.45) is 0.788. The first kappa shape index (κ1) is 16.3. The van der Waals surface area contributed by atoms with Crippen molar-refractivity contribution in [3.8, 4) is 17.1 Å². The Hall–Kier alpha value is -3.16. The largest absolute Gasteiger partial charge is 0.497 e. The number of aromatic nitrogens is 3. The van der Waals surface area contributed by atoms with Crippen LogP contribution in [0.15, 0.2) is 39.4 Å². The normalized spacial score (nSPS) is 16.8. The summed E-state index contributed by atoms with van der Waals surface area (Å²) in [4.78, 5) is 18.7. The minimum atomic E-state index is -0.160. The lowest BCUT2D eigenvalue weighted by Gasteiger charge is -2.13. The lowest BCUT2D eigenvalue weighted by atomic mass is 10.1. The third-order valence-electron chi connectivity index (χ3n) is 4.47. The molecule has 0 N–H and O–H groups in total. The first-order chi connectivity index (χ1) is 12.6. The van der Waals surface area contributed by atoms with Crippen molar-refractivity contribution < 1.29 is 18.6 Å². The Morgan fingerprint density at radius 2 is 2.04 bits per heavy atom. The van der Waals surface area contributed by atoms with Crippen molar-refractivity contribution in [2.45, 2.75) is 19.3 Å². The van der Waals surface area contributed by atoms with Gasteiger partial charge in [0.25, 0.3) is 5.91 Å². The fraction of sp³-hybridized carbons (Fsp3) is 0.333. The average molecular weight is 354 g/mol. The third kappa shape index (κ3) is 3.05. The highest BCUT2D eigenvalue weighted by atomic mass is 16.5. The van der Waals surface area contributed by atoms with Crippen LogP contribution in [0, 0.1) is 6.92 Å². The van der Waals surface area contributed by atoms with Crippen molar-refractivity contribution in [3.63, 3.8) is 0 Å². The smallest absolute Gasteiger partial charge is 0.276 e. The van der Waals surface area contributed by atoms with Gasteiger partial charge in [0, 0.05) is 24.7 Å². The van der Waals surface area contributed by atoms with E-state index in [2.05, 4.69) is 15.3 Å². The van der Waals surface area contributed by atoms with Crippen LogP contribution >= 0.6 is 0 Å². The molecule has 8 heteroatoms. The van der Waals surface area contributed by atoms with Gasteiger partial charge in [-0.15, -0.1) is 0 Å². The van der Waals surface area contributed by atoms with E-state index in [1.165, 1.54) is 0 Å². The molecule has 3 heterocycles. The zero-order valence-electron chi connectivity index (χ0n) is 14.5. The van der Waals surface area contributed by atoms with Gasteiger partial charge in [-0.3, -0.25) is 4.79 Å². The number of carbonyl (C=O) groups excluding carboxylic acids is 1. The van der Waals surface area contributed by atoms with Crippen molar-refractivity contribution in [2.24, 2.45) is 0 Å². The standard InChI is InChI=1S/C18H18N4O4/c1-11-19-17(26-20-11)13-7-8-22(10-13)18(23)15-9-16(25-21-15)12-3-5-14(24-2)6-4-12/h3-6,9,13H,7-8,10H2,1-2H3. The molecule has 1 amide bonds. The van der Waals surface area contributed by atoms with Crippen molar-refractivity contribution in [2.75, 3.05) is 20.2 Å². The number of amides is 1. The maximum Gasteiger partial charge on any atom is 0.276 e. The second kappa shape index (κ2) is 6.62. The summed E-state index contributed by atoms with van der Waals surface area (Å²) in [5.74, 6) is 2.38. The molecule has 1 aliphatic heterocycles. The number of rotatable bonds is 4. The van der Waals surface area contributed by atoms with E-state index in [-0.39, 0.29) is 17.5 Å². The van der Waals surface area contributed by atoms with E-state index in [0.717, 1.165) is 17.7 Å². The van der Waals surface area contributed by atoms with Gasteiger partial charge in [0.1, 0.15) is 5.75 Å². The Morgan fingerprint density at radius 3 is 2.73 bits per heavy atom. The molecule has 8 nitrogen and oxygen atoms in total. The highest BCUT2D eigenvalue weighted by Gasteiger charge is 2.32. The number of benzene rings is 1. The predicted octanol–water partition coefficient (Wildman–Crippen LogP) is 2.67. The molecule has 0 bridgehead atoms. The summed E-state index contributed by atoms with van der Waals surface area (Å²) in [7, 11) is 1.61. The molecule has 3 aromatic rings. The molecule has 0 saturated carbocycles. The molecular formula is C18H18N4O4. The quantitative estimate of drug-likeness (QED) is 0.711. The van der Waals surface area contributed by atoms with Crippen molar-refractivity contribution in [3.05, 3.63) is 47.7 Å². The Bertz CT molecular complexity index is 915. The lowest BCUT2D eigenvalue weighted by Crippen LogP contribution is -2.28. The average Bonchev–Trinajstić information content (AvgIpc) is 3.41. The van der Waals surface area contributed by atoms with Crippen LogP contribution in [0.1, 0.15) is 34.5 Å².